The zero-order valence-corrected chi connectivity index (χ0v) is 5.01. The molecule has 3 heteroatoms. The van der Waals surface area contributed by atoms with Gasteiger partial charge in [0.1, 0.15) is 0 Å². The molecule has 0 aromatic heterocycles. The molecule has 0 aliphatic rings. The van der Waals surface area contributed by atoms with Crippen LogP contribution in [0.1, 0.15) is 6.92 Å². The van der Waals surface area contributed by atoms with E-state index in [0.717, 1.165) is 6.08 Å². The molecular weight excluding hydrogens is 112 g/mol. The van der Waals surface area contributed by atoms with Gasteiger partial charge in [-0.1, -0.05) is 6.08 Å². The van der Waals surface area contributed by atoms with Gasteiger partial charge in [0.2, 0.25) is 0 Å². The van der Waals surface area contributed by atoms with Gasteiger partial charge in [0.25, 0.3) is 0 Å². The second-order valence-corrected chi connectivity index (χ2v) is 0.838. The molecule has 0 bridgehead atoms. The minimum atomic E-state index is -0.891. The third-order valence-corrected chi connectivity index (χ3v) is 0.309. The van der Waals surface area contributed by atoms with Gasteiger partial charge >= 0.3 is 5.97 Å². The summed E-state index contributed by atoms with van der Waals surface area (Å²) in [6.07, 6.45) is 2.56. The van der Waals surface area contributed by atoms with Crippen LogP contribution in [0.15, 0.2) is 12.2 Å². The van der Waals surface area contributed by atoms with Gasteiger partial charge in [0.15, 0.2) is 0 Å². The van der Waals surface area contributed by atoms with Crippen molar-refractivity contribution in [2.24, 2.45) is 0 Å². The van der Waals surface area contributed by atoms with Crippen molar-refractivity contribution >= 4 is 19.5 Å². The lowest BCUT2D eigenvalue weighted by atomic mass is 10.5. The molecule has 0 saturated heterocycles. The SMILES string of the molecule is CC=CC(=O)O.S. The number of carbonyl (C=O) groups is 1. The first-order valence-corrected chi connectivity index (χ1v) is 1.63. The Hall–Kier alpha value is -0.440. The molecule has 1 N–H and O–H groups in total. The van der Waals surface area contributed by atoms with Crippen LogP contribution in [0.4, 0.5) is 0 Å². The lowest BCUT2D eigenvalue weighted by molar-refractivity contribution is -0.131. The van der Waals surface area contributed by atoms with E-state index >= 15 is 0 Å². The third kappa shape index (κ3) is 10.8. The smallest absolute Gasteiger partial charge is 0.327 e. The molecule has 0 unspecified atom stereocenters. The number of hydrogen-bond donors (Lipinski definition) is 1. The minimum Gasteiger partial charge on any atom is -0.478 e. The maximum Gasteiger partial charge on any atom is 0.327 e. The van der Waals surface area contributed by atoms with Crippen molar-refractivity contribution in [3.05, 3.63) is 12.2 Å². The van der Waals surface area contributed by atoms with Crippen molar-refractivity contribution in [2.45, 2.75) is 6.92 Å². The van der Waals surface area contributed by atoms with E-state index in [1.807, 2.05) is 0 Å². The Bertz CT molecular complexity index is 77.8. The Labute approximate surface area is 49.3 Å². The summed E-state index contributed by atoms with van der Waals surface area (Å²) in [7, 11) is 0. The molecule has 0 spiro atoms. The van der Waals surface area contributed by atoms with E-state index in [4.69, 9.17) is 5.11 Å². The summed E-state index contributed by atoms with van der Waals surface area (Å²) < 4.78 is 0. The highest BCUT2D eigenvalue weighted by Gasteiger charge is 1.76. The fourth-order valence-electron chi connectivity index (χ4n) is 0.143. The van der Waals surface area contributed by atoms with Crippen molar-refractivity contribution in [1.82, 2.24) is 0 Å². The number of aliphatic carboxylic acids is 1. The summed E-state index contributed by atoms with van der Waals surface area (Å²) in [6.45, 7) is 1.66. The normalized spacial score (nSPS) is 8.14. The summed E-state index contributed by atoms with van der Waals surface area (Å²) in [5, 5.41) is 7.83. The minimum absolute atomic E-state index is 0. The summed E-state index contributed by atoms with van der Waals surface area (Å²) in [5.41, 5.74) is 0. The standard InChI is InChI=1S/C4H6O2.H2S/c1-2-3-4(5)6;/h2-3H,1H3,(H,5,6);1H2. The van der Waals surface area contributed by atoms with E-state index in [0.29, 0.717) is 0 Å². The number of hydrogen-bond acceptors (Lipinski definition) is 1. The molecule has 7 heavy (non-hydrogen) atoms. The van der Waals surface area contributed by atoms with Crippen molar-refractivity contribution < 1.29 is 9.90 Å². The second kappa shape index (κ2) is 5.56. The molecule has 0 atom stereocenters. The fourth-order valence-corrected chi connectivity index (χ4v) is 0.143. The molecule has 0 amide bonds. The van der Waals surface area contributed by atoms with E-state index < -0.39 is 5.97 Å². The summed E-state index contributed by atoms with van der Waals surface area (Å²) in [5.74, 6) is -0.891. The third-order valence-electron chi connectivity index (χ3n) is 0.309. The zero-order chi connectivity index (χ0) is 4.99. The van der Waals surface area contributed by atoms with Crippen LogP contribution in [0.3, 0.4) is 0 Å². The molecule has 0 heterocycles. The van der Waals surface area contributed by atoms with Crippen LogP contribution in [0.2, 0.25) is 0 Å². The van der Waals surface area contributed by atoms with Crippen molar-refractivity contribution in [3.8, 4) is 0 Å². The van der Waals surface area contributed by atoms with Crippen LogP contribution in [0, 0.1) is 0 Å². The van der Waals surface area contributed by atoms with Crippen LogP contribution in [0.25, 0.3) is 0 Å². The van der Waals surface area contributed by atoms with Crippen LogP contribution >= 0.6 is 13.5 Å². The first-order chi connectivity index (χ1) is 2.77. The average molecular weight is 120 g/mol. The van der Waals surface area contributed by atoms with Crippen LogP contribution in [-0.4, -0.2) is 11.1 Å². The quantitative estimate of drug-likeness (QED) is 0.519. The molecule has 2 nitrogen and oxygen atoms in total. The Morgan fingerprint density at radius 1 is 1.71 bits per heavy atom. The van der Waals surface area contributed by atoms with Gasteiger partial charge in [0.05, 0.1) is 0 Å². The van der Waals surface area contributed by atoms with Gasteiger partial charge in [-0.3, -0.25) is 0 Å². The topological polar surface area (TPSA) is 37.3 Å². The number of carboxylic acids is 1. The first kappa shape index (κ1) is 9.75. The molecule has 0 aromatic rings. The fraction of sp³-hybridized carbons (Fsp3) is 0.250. The number of carboxylic acid groups (broad SMARTS) is 1. The lowest BCUT2D eigenvalue weighted by Gasteiger charge is -1.68. The Morgan fingerprint density at radius 3 is 2.14 bits per heavy atom. The Morgan fingerprint density at radius 2 is 2.14 bits per heavy atom. The Kier molecular flexibility index (Phi) is 7.75. The second-order valence-electron chi connectivity index (χ2n) is 0.838. The highest BCUT2D eigenvalue weighted by atomic mass is 32.1. The monoisotopic (exact) mass is 120 g/mol. The summed E-state index contributed by atoms with van der Waals surface area (Å²) in [4.78, 5) is 9.51. The largest absolute Gasteiger partial charge is 0.478 e. The van der Waals surface area contributed by atoms with Crippen molar-refractivity contribution in [1.29, 1.82) is 0 Å². The molecule has 0 radical (unpaired) electrons. The van der Waals surface area contributed by atoms with E-state index in [1.54, 1.807) is 6.92 Å². The van der Waals surface area contributed by atoms with Crippen molar-refractivity contribution in [3.63, 3.8) is 0 Å². The zero-order valence-electron chi connectivity index (χ0n) is 4.01. The van der Waals surface area contributed by atoms with Gasteiger partial charge < -0.3 is 5.11 Å². The van der Waals surface area contributed by atoms with Crippen LogP contribution in [0.5, 0.6) is 0 Å². The molecule has 0 aliphatic carbocycles. The van der Waals surface area contributed by atoms with Gasteiger partial charge in [-0.25, -0.2) is 4.79 Å². The maximum absolute atomic E-state index is 9.51. The highest BCUT2D eigenvalue weighted by molar-refractivity contribution is 7.59. The van der Waals surface area contributed by atoms with Crippen LogP contribution in [-0.2, 0) is 4.79 Å². The predicted octanol–water partition coefficient (Wildman–Crippen LogP) is 0.760. The predicted molar refractivity (Wildman–Crippen MR) is 32.8 cm³/mol. The molecule has 0 fully saturated rings. The highest BCUT2D eigenvalue weighted by Crippen LogP contribution is 1.65. The lowest BCUT2D eigenvalue weighted by Crippen LogP contribution is -1.83. The van der Waals surface area contributed by atoms with Gasteiger partial charge in [-0.05, 0) is 6.92 Å². The molecule has 0 aliphatic heterocycles. The molecular formula is C4H8O2S. The summed E-state index contributed by atoms with van der Waals surface area (Å²) in [6, 6.07) is 0. The molecule has 0 saturated carbocycles. The van der Waals surface area contributed by atoms with Gasteiger partial charge in [0, 0.05) is 6.08 Å². The molecule has 0 aromatic carbocycles. The number of rotatable bonds is 1. The van der Waals surface area contributed by atoms with E-state index in [-0.39, 0.29) is 13.5 Å². The number of allylic oxidation sites excluding steroid dienone is 1. The Balaban J connectivity index is 0. The van der Waals surface area contributed by atoms with Crippen LogP contribution < -0.4 is 0 Å². The van der Waals surface area contributed by atoms with E-state index in [1.165, 1.54) is 6.08 Å². The molecule has 0 rings (SSSR count). The van der Waals surface area contributed by atoms with E-state index in [2.05, 4.69) is 0 Å². The van der Waals surface area contributed by atoms with Gasteiger partial charge in [-0.15, -0.1) is 0 Å². The molecule has 42 valence electrons. The first-order valence-electron chi connectivity index (χ1n) is 1.63. The van der Waals surface area contributed by atoms with E-state index in [9.17, 15) is 4.79 Å². The van der Waals surface area contributed by atoms with Crippen molar-refractivity contribution in [2.75, 3.05) is 0 Å². The summed E-state index contributed by atoms with van der Waals surface area (Å²) >= 11 is 0. The van der Waals surface area contributed by atoms with Gasteiger partial charge in [-0.2, -0.15) is 13.5 Å². The maximum atomic E-state index is 9.51. The average Bonchev–Trinajstić information content (AvgIpc) is 1.35.